The molecule has 1 N–H and O–H groups in total. The van der Waals surface area contributed by atoms with Gasteiger partial charge in [0.1, 0.15) is 5.75 Å². The zero-order valence-electron chi connectivity index (χ0n) is 13.1. The quantitative estimate of drug-likeness (QED) is 0.668. The molecule has 1 amide bonds. The summed E-state index contributed by atoms with van der Waals surface area (Å²) in [5.41, 5.74) is 5.74. The van der Waals surface area contributed by atoms with Crippen LogP contribution in [0, 0.1) is 5.92 Å². The largest absolute Gasteiger partial charge is 0.484 e. The van der Waals surface area contributed by atoms with Crippen LogP contribution in [0.15, 0.2) is 59.2 Å². The summed E-state index contributed by atoms with van der Waals surface area (Å²) in [7, 11) is 0. The highest BCUT2D eigenvalue weighted by Crippen LogP contribution is 2.26. The summed E-state index contributed by atoms with van der Waals surface area (Å²) in [4.78, 5) is 11.8. The van der Waals surface area contributed by atoms with E-state index in [-0.39, 0.29) is 12.5 Å². The van der Waals surface area contributed by atoms with E-state index in [9.17, 15) is 4.79 Å². The molecule has 0 saturated carbocycles. The van der Waals surface area contributed by atoms with E-state index in [1.807, 2.05) is 44.2 Å². The third kappa shape index (κ3) is 4.58. The SMILES string of the molecule is C=C(C)[C@H]1CC=C(C)/C(=N/NC(=O)COc2ccccc2)C1. The number of benzene rings is 1. The molecule has 1 aliphatic carbocycles. The highest BCUT2D eigenvalue weighted by Gasteiger charge is 2.18. The molecule has 0 radical (unpaired) electrons. The number of hydrazone groups is 1. The van der Waals surface area contributed by atoms with Crippen LogP contribution >= 0.6 is 0 Å². The topological polar surface area (TPSA) is 50.7 Å². The first kappa shape index (κ1) is 16.0. The van der Waals surface area contributed by atoms with Crippen LogP contribution in [0.2, 0.25) is 0 Å². The molecule has 0 spiro atoms. The molecule has 0 heterocycles. The Morgan fingerprint density at radius 3 is 2.82 bits per heavy atom. The Labute approximate surface area is 131 Å². The Kier molecular flexibility index (Phi) is 5.53. The number of hydrogen-bond donors (Lipinski definition) is 1. The minimum Gasteiger partial charge on any atom is -0.484 e. The lowest BCUT2D eigenvalue weighted by atomic mass is 9.85. The molecule has 1 atom stereocenters. The average molecular weight is 298 g/mol. The maximum atomic E-state index is 11.8. The summed E-state index contributed by atoms with van der Waals surface area (Å²) in [6, 6.07) is 9.24. The number of carbonyl (C=O) groups excluding carboxylic acids is 1. The van der Waals surface area contributed by atoms with Gasteiger partial charge in [-0.3, -0.25) is 4.79 Å². The van der Waals surface area contributed by atoms with Crippen molar-refractivity contribution in [2.24, 2.45) is 11.0 Å². The molecular weight excluding hydrogens is 276 g/mol. The van der Waals surface area contributed by atoms with Crippen molar-refractivity contribution in [3.8, 4) is 5.75 Å². The van der Waals surface area contributed by atoms with E-state index >= 15 is 0 Å². The van der Waals surface area contributed by atoms with E-state index < -0.39 is 0 Å². The van der Waals surface area contributed by atoms with Crippen LogP contribution in [0.1, 0.15) is 26.7 Å². The highest BCUT2D eigenvalue weighted by molar-refractivity contribution is 6.01. The fourth-order valence-corrected chi connectivity index (χ4v) is 2.25. The Hall–Kier alpha value is -2.36. The smallest absolute Gasteiger partial charge is 0.277 e. The van der Waals surface area contributed by atoms with Crippen molar-refractivity contribution in [1.82, 2.24) is 5.43 Å². The van der Waals surface area contributed by atoms with E-state index in [0.717, 1.165) is 29.7 Å². The molecule has 0 bridgehead atoms. The summed E-state index contributed by atoms with van der Waals surface area (Å²) in [5.74, 6) is 0.808. The van der Waals surface area contributed by atoms with Gasteiger partial charge in [-0.05, 0) is 50.3 Å². The summed E-state index contributed by atoms with van der Waals surface area (Å²) >= 11 is 0. The predicted octanol–water partition coefficient (Wildman–Crippen LogP) is 3.47. The third-order valence-corrected chi connectivity index (χ3v) is 3.73. The minimum absolute atomic E-state index is 0.0481. The van der Waals surface area contributed by atoms with Crippen LogP contribution in [0.3, 0.4) is 0 Å². The molecule has 1 aromatic rings. The standard InChI is InChI=1S/C18H22N2O2/c1-13(2)15-10-9-14(3)17(11-15)19-20-18(21)12-22-16-7-5-4-6-8-16/h4-9,15H,1,10-12H2,2-3H3,(H,20,21)/b19-17+/t15-/m0/s1. The number of allylic oxidation sites excluding steroid dienone is 3. The lowest BCUT2D eigenvalue weighted by molar-refractivity contribution is -0.123. The van der Waals surface area contributed by atoms with E-state index in [1.54, 1.807) is 0 Å². The lowest BCUT2D eigenvalue weighted by Crippen LogP contribution is -2.27. The Morgan fingerprint density at radius 2 is 2.14 bits per heavy atom. The maximum absolute atomic E-state index is 11.8. The molecule has 22 heavy (non-hydrogen) atoms. The monoisotopic (exact) mass is 298 g/mol. The summed E-state index contributed by atoms with van der Waals surface area (Å²) in [6.45, 7) is 8.00. The molecule has 0 unspecified atom stereocenters. The second-order valence-electron chi connectivity index (χ2n) is 5.57. The van der Waals surface area contributed by atoms with Gasteiger partial charge in [0.15, 0.2) is 6.61 Å². The number of nitrogens with zero attached hydrogens (tertiary/aromatic N) is 1. The number of amides is 1. The first-order chi connectivity index (χ1) is 10.6. The first-order valence-electron chi connectivity index (χ1n) is 7.42. The summed E-state index contributed by atoms with van der Waals surface area (Å²) in [6.07, 6.45) is 3.96. The summed E-state index contributed by atoms with van der Waals surface area (Å²) < 4.78 is 5.38. The minimum atomic E-state index is -0.262. The fraction of sp³-hybridized carbons (Fsp3) is 0.333. The number of rotatable bonds is 5. The number of para-hydroxylation sites is 1. The van der Waals surface area contributed by atoms with Gasteiger partial charge < -0.3 is 4.74 Å². The molecule has 1 aromatic carbocycles. The van der Waals surface area contributed by atoms with E-state index in [2.05, 4.69) is 23.2 Å². The summed E-state index contributed by atoms with van der Waals surface area (Å²) in [5, 5.41) is 4.24. The van der Waals surface area contributed by atoms with Gasteiger partial charge in [-0.1, -0.05) is 36.4 Å². The Bertz CT molecular complexity index is 603. The van der Waals surface area contributed by atoms with Crippen molar-refractivity contribution in [2.45, 2.75) is 26.7 Å². The van der Waals surface area contributed by atoms with E-state index in [0.29, 0.717) is 11.7 Å². The van der Waals surface area contributed by atoms with Gasteiger partial charge >= 0.3 is 0 Å². The van der Waals surface area contributed by atoms with Crippen molar-refractivity contribution in [2.75, 3.05) is 6.61 Å². The van der Waals surface area contributed by atoms with Crippen molar-refractivity contribution >= 4 is 11.6 Å². The highest BCUT2D eigenvalue weighted by atomic mass is 16.5. The van der Waals surface area contributed by atoms with Crippen LogP contribution in [0.5, 0.6) is 5.75 Å². The number of ether oxygens (including phenoxy) is 1. The molecule has 1 aliphatic rings. The van der Waals surface area contributed by atoms with Gasteiger partial charge in [-0.2, -0.15) is 5.10 Å². The van der Waals surface area contributed by atoms with Crippen LogP contribution in [-0.2, 0) is 4.79 Å². The van der Waals surface area contributed by atoms with Gasteiger partial charge in [-0.15, -0.1) is 0 Å². The van der Waals surface area contributed by atoms with Crippen LogP contribution in [-0.4, -0.2) is 18.2 Å². The number of hydrogen-bond acceptors (Lipinski definition) is 3. The number of carbonyl (C=O) groups is 1. The van der Waals surface area contributed by atoms with Gasteiger partial charge in [0, 0.05) is 0 Å². The van der Waals surface area contributed by atoms with Gasteiger partial charge in [0.05, 0.1) is 5.71 Å². The molecule has 0 aliphatic heterocycles. The van der Waals surface area contributed by atoms with Gasteiger partial charge in [0.25, 0.3) is 5.91 Å². The van der Waals surface area contributed by atoms with E-state index in [1.165, 1.54) is 0 Å². The first-order valence-corrected chi connectivity index (χ1v) is 7.42. The molecule has 116 valence electrons. The van der Waals surface area contributed by atoms with Crippen molar-refractivity contribution in [3.63, 3.8) is 0 Å². The van der Waals surface area contributed by atoms with Crippen LogP contribution in [0.25, 0.3) is 0 Å². The zero-order chi connectivity index (χ0) is 15.9. The number of nitrogens with one attached hydrogen (secondary N) is 1. The lowest BCUT2D eigenvalue weighted by Gasteiger charge is -2.22. The Morgan fingerprint density at radius 1 is 1.41 bits per heavy atom. The van der Waals surface area contributed by atoms with Crippen LogP contribution < -0.4 is 10.2 Å². The normalized spacial score (nSPS) is 19.5. The van der Waals surface area contributed by atoms with Crippen molar-refractivity contribution in [3.05, 3.63) is 54.1 Å². The van der Waals surface area contributed by atoms with Crippen molar-refractivity contribution < 1.29 is 9.53 Å². The zero-order valence-corrected chi connectivity index (χ0v) is 13.1. The predicted molar refractivity (Wildman–Crippen MR) is 88.8 cm³/mol. The molecule has 2 rings (SSSR count). The van der Waals surface area contributed by atoms with Gasteiger partial charge in [0.2, 0.25) is 0 Å². The second-order valence-corrected chi connectivity index (χ2v) is 5.57. The fourth-order valence-electron chi connectivity index (χ4n) is 2.25. The molecule has 0 aromatic heterocycles. The van der Waals surface area contributed by atoms with Gasteiger partial charge in [-0.25, -0.2) is 5.43 Å². The maximum Gasteiger partial charge on any atom is 0.277 e. The molecular formula is C18H22N2O2. The van der Waals surface area contributed by atoms with Crippen LogP contribution in [0.4, 0.5) is 0 Å². The average Bonchev–Trinajstić information content (AvgIpc) is 2.53. The third-order valence-electron chi connectivity index (χ3n) is 3.73. The molecule has 0 fully saturated rings. The Balaban J connectivity index is 1.87. The van der Waals surface area contributed by atoms with E-state index in [4.69, 9.17) is 4.74 Å². The molecule has 0 saturated heterocycles. The van der Waals surface area contributed by atoms with Crippen molar-refractivity contribution in [1.29, 1.82) is 0 Å². The second kappa shape index (κ2) is 7.59. The molecule has 4 nitrogen and oxygen atoms in total. The molecule has 4 heteroatoms.